The van der Waals surface area contributed by atoms with Gasteiger partial charge in [-0.2, -0.15) is 0 Å². The SMILES string of the molecule is COC(CNC(=O)CCc1ccc(O)c(-n2nc3ccccc3n2)c1)OC. The number of nitrogens with one attached hydrogen (secondary N) is 1. The lowest BCUT2D eigenvalue weighted by molar-refractivity contribution is -0.127. The van der Waals surface area contributed by atoms with Crippen molar-refractivity contribution in [3.63, 3.8) is 0 Å². The number of hydrogen-bond acceptors (Lipinski definition) is 6. The topological polar surface area (TPSA) is 98.5 Å². The summed E-state index contributed by atoms with van der Waals surface area (Å²) in [6, 6.07) is 12.6. The van der Waals surface area contributed by atoms with Gasteiger partial charge in [0.25, 0.3) is 0 Å². The number of carbonyl (C=O) groups is 1. The Morgan fingerprint density at radius 2 is 1.81 bits per heavy atom. The van der Waals surface area contributed by atoms with Crippen molar-refractivity contribution in [2.45, 2.75) is 19.1 Å². The van der Waals surface area contributed by atoms with Gasteiger partial charge < -0.3 is 19.9 Å². The molecule has 0 aliphatic heterocycles. The van der Waals surface area contributed by atoms with Crippen LogP contribution in [0.2, 0.25) is 0 Å². The standard InChI is InChI=1S/C19H22N4O4/c1-26-19(27-2)12-20-18(25)10-8-13-7-9-17(24)16(11-13)23-21-14-5-3-4-6-15(14)22-23/h3-7,9,11,19,24H,8,10,12H2,1-2H3,(H,20,25). The van der Waals surface area contributed by atoms with Gasteiger partial charge in [-0.25, -0.2) is 0 Å². The Labute approximate surface area is 156 Å². The Kier molecular flexibility index (Phi) is 6.00. The van der Waals surface area contributed by atoms with Crippen molar-refractivity contribution < 1.29 is 19.4 Å². The number of benzene rings is 2. The van der Waals surface area contributed by atoms with Crippen LogP contribution in [0.25, 0.3) is 16.7 Å². The molecular formula is C19H22N4O4. The molecule has 0 aliphatic carbocycles. The van der Waals surface area contributed by atoms with Crippen molar-refractivity contribution in [1.29, 1.82) is 0 Å². The highest BCUT2D eigenvalue weighted by Crippen LogP contribution is 2.23. The Balaban J connectivity index is 1.67. The summed E-state index contributed by atoms with van der Waals surface area (Å²) in [4.78, 5) is 13.4. The van der Waals surface area contributed by atoms with E-state index >= 15 is 0 Å². The van der Waals surface area contributed by atoms with Crippen LogP contribution in [-0.2, 0) is 20.7 Å². The minimum atomic E-state index is -0.464. The zero-order chi connectivity index (χ0) is 19.2. The van der Waals surface area contributed by atoms with E-state index in [1.54, 1.807) is 18.2 Å². The molecule has 8 heteroatoms. The summed E-state index contributed by atoms with van der Waals surface area (Å²) in [5.74, 6) is -0.0294. The van der Waals surface area contributed by atoms with Crippen molar-refractivity contribution >= 4 is 16.9 Å². The van der Waals surface area contributed by atoms with Crippen LogP contribution in [0.15, 0.2) is 42.5 Å². The summed E-state index contributed by atoms with van der Waals surface area (Å²) in [7, 11) is 3.04. The molecule has 142 valence electrons. The Morgan fingerprint density at radius 1 is 1.15 bits per heavy atom. The largest absolute Gasteiger partial charge is 0.506 e. The Morgan fingerprint density at radius 3 is 2.44 bits per heavy atom. The van der Waals surface area contributed by atoms with Crippen LogP contribution < -0.4 is 5.32 Å². The second kappa shape index (κ2) is 8.61. The smallest absolute Gasteiger partial charge is 0.220 e. The number of nitrogens with zero attached hydrogens (tertiary/aromatic N) is 3. The van der Waals surface area contributed by atoms with Crippen LogP contribution in [0.1, 0.15) is 12.0 Å². The van der Waals surface area contributed by atoms with Gasteiger partial charge in [0.1, 0.15) is 22.5 Å². The molecule has 0 atom stereocenters. The summed E-state index contributed by atoms with van der Waals surface area (Å²) in [6.45, 7) is 0.288. The molecule has 0 aliphatic rings. The molecule has 3 aromatic rings. The lowest BCUT2D eigenvalue weighted by Gasteiger charge is -2.14. The number of carbonyl (C=O) groups excluding carboxylic acids is 1. The molecule has 1 aromatic heterocycles. The number of methoxy groups -OCH3 is 2. The number of rotatable bonds is 8. The van der Waals surface area contributed by atoms with Crippen molar-refractivity contribution in [1.82, 2.24) is 20.3 Å². The van der Waals surface area contributed by atoms with Crippen molar-refractivity contribution in [3.8, 4) is 11.4 Å². The predicted octanol–water partition coefficient (Wildman–Crippen LogP) is 1.79. The van der Waals surface area contributed by atoms with Gasteiger partial charge in [0.15, 0.2) is 6.29 Å². The third-order valence-electron chi connectivity index (χ3n) is 4.17. The monoisotopic (exact) mass is 370 g/mol. The van der Waals surface area contributed by atoms with E-state index in [1.807, 2.05) is 24.3 Å². The minimum Gasteiger partial charge on any atom is -0.506 e. The first-order valence-corrected chi connectivity index (χ1v) is 8.57. The third-order valence-corrected chi connectivity index (χ3v) is 4.17. The van der Waals surface area contributed by atoms with Crippen LogP contribution in [0.3, 0.4) is 0 Å². The first-order chi connectivity index (χ1) is 13.1. The number of fused-ring (bicyclic) bond motifs is 1. The second-order valence-electron chi connectivity index (χ2n) is 6.01. The van der Waals surface area contributed by atoms with Crippen molar-refractivity contribution in [3.05, 3.63) is 48.0 Å². The highest BCUT2D eigenvalue weighted by molar-refractivity contribution is 5.76. The van der Waals surface area contributed by atoms with Gasteiger partial charge in [0.05, 0.1) is 6.54 Å². The predicted molar refractivity (Wildman–Crippen MR) is 99.7 cm³/mol. The number of amides is 1. The molecule has 3 rings (SSSR count). The summed E-state index contributed by atoms with van der Waals surface area (Å²) in [6.07, 6.45) is 0.359. The minimum absolute atomic E-state index is 0.0755. The molecule has 27 heavy (non-hydrogen) atoms. The Bertz CT molecular complexity index is 888. The van der Waals surface area contributed by atoms with Crippen LogP contribution in [0, 0.1) is 0 Å². The van der Waals surface area contributed by atoms with Gasteiger partial charge in [0, 0.05) is 20.6 Å². The van der Waals surface area contributed by atoms with E-state index in [9.17, 15) is 9.90 Å². The van der Waals surface area contributed by atoms with Gasteiger partial charge in [0.2, 0.25) is 5.91 Å². The molecule has 0 radical (unpaired) electrons. The number of hydrogen-bond donors (Lipinski definition) is 2. The molecule has 1 amide bonds. The third kappa shape index (κ3) is 4.60. The normalized spacial score (nSPS) is 11.2. The lowest BCUT2D eigenvalue weighted by atomic mass is 10.1. The number of phenolic OH excluding ortho intramolecular Hbond substituents is 1. The summed E-state index contributed by atoms with van der Waals surface area (Å²) >= 11 is 0. The maximum Gasteiger partial charge on any atom is 0.220 e. The van der Waals surface area contributed by atoms with Gasteiger partial charge in [-0.05, 0) is 36.2 Å². The second-order valence-corrected chi connectivity index (χ2v) is 6.01. The fourth-order valence-corrected chi connectivity index (χ4v) is 2.66. The average Bonchev–Trinajstić information content (AvgIpc) is 3.12. The van der Waals surface area contributed by atoms with Gasteiger partial charge in [-0.3, -0.25) is 4.79 Å². The van der Waals surface area contributed by atoms with Crippen LogP contribution in [-0.4, -0.2) is 53.1 Å². The maximum absolute atomic E-state index is 12.0. The van der Waals surface area contributed by atoms with Crippen molar-refractivity contribution in [2.75, 3.05) is 20.8 Å². The van der Waals surface area contributed by atoms with E-state index in [2.05, 4.69) is 15.5 Å². The zero-order valence-corrected chi connectivity index (χ0v) is 15.3. The van der Waals surface area contributed by atoms with Gasteiger partial charge in [-0.15, -0.1) is 15.0 Å². The van der Waals surface area contributed by atoms with E-state index < -0.39 is 6.29 Å². The average molecular weight is 370 g/mol. The van der Waals surface area contributed by atoms with Crippen LogP contribution in [0.5, 0.6) is 5.75 Å². The van der Waals surface area contributed by atoms with E-state index in [-0.39, 0.29) is 18.2 Å². The molecule has 0 bridgehead atoms. The van der Waals surface area contributed by atoms with Crippen LogP contribution in [0.4, 0.5) is 0 Å². The van der Waals surface area contributed by atoms with E-state index in [0.717, 1.165) is 16.6 Å². The molecule has 8 nitrogen and oxygen atoms in total. The molecule has 0 unspecified atom stereocenters. The van der Waals surface area contributed by atoms with E-state index in [4.69, 9.17) is 9.47 Å². The number of aromatic nitrogens is 3. The molecule has 0 fully saturated rings. The van der Waals surface area contributed by atoms with E-state index in [1.165, 1.54) is 19.0 Å². The van der Waals surface area contributed by atoms with Gasteiger partial charge in [-0.1, -0.05) is 18.2 Å². The molecule has 2 N–H and O–H groups in total. The molecular weight excluding hydrogens is 348 g/mol. The quantitative estimate of drug-likeness (QED) is 0.587. The molecule has 0 saturated carbocycles. The molecule has 1 heterocycles. The number of phenols is 1. The lowest BCUT2D eigenvalue weighted by Crippen LogP contribution is -2.34. The fourth-order valence-electron chi connectivity index (χ4n) is 2.66. The van der Waals surface area contributed by atoms with Crippen molar-refractivity contribution in [2.24, 2.45) is 0 Å². The first kappa shape index (κ1) is 18.8. The number of aryl methyl sites for hydroxylation is 1. The van der Waals surface area contributed by atoms with E-state index in [0.29, 0.717) is 18.5 Å². The maximum atomic E-state index is 12.0. The van der Waals surface area contributed by atoms with Crippen LogP contribution >= 0.6 is 0 Å². The highest BCUT2D eigenvalue weighted by atomic mass is 16.7. The Hall–Kier alpha value is -2.97. The number of aromatic hydroxyl groups is 1. The molecule has 0 spiro atoms. The first-order valence-electron chi connectivity index (χ1n) is 8.57. The summed E-state index contributed by atoms with van der Waals surface area (Å²) < 4.78 is 10.1. The number of ether oxygens (including phenoxy) is 2. The molecule has 0 saturated heterocycles. The summed E-state index contributed by atoms with van der Waals surface area (Å²) in [5.41, 5.74) is 2.86. The summed E-state index contributed by atoms with van der Waals surface area (Å²) in [5, 5.41) is 21.7. The van der Waals surface area contributed by atoms with Gasteiger partial charge >= 0.3 is 0 Å². The fraction of sp³-hybridized carbons (Fsp3) is 0.316. The highest BCUT2D eigenvalue weighted by Gasteiger charge is 2.11. The zero-order valence-electron chi connectivity index (χ0n) is 15.3. The molecule has 2 aromatic carbocycles.